The summed E-state index contributed by atoms with van der Waals surface area (Å²) in [5.74, 6) is -1.89. The lowest BCUT2D eigenvalue weighted by Gasteiger charge is -2.27. The Labute approximate surface area is 118 Å². The lowest BCUT2D eigenvalue weighted by Crippen LogP contribution is -2.33. The van der Waals surface area contributed by atoms with Gasteiger partial charge in [-0.1, -0.05) is 24.4 Å². The molecule has 1 aromatic carbocycles. The van der Waals surface area contributed by atoms with Crippen LogP contribution in [0.4, 0.5) is 13.2 Å². The lowest BCUT2D eigenvalue weighted by molar-refractivity contribution is -0.143. The number of carboxylic acid groups (broad SMARTS) is 1. The minimum absolute atomic E-state index is 0.114. The standard InChI is InChI=1S/C13H12ClF3O3/c14-8-5-7(13(15,16)17)6-9(18)10(8)12(11(19)20)3-1-2-4-12/h5-6,18H,1-4H2,(H,19,20). The van der Waals surface area contributed by atoms with E-state index in [9.17, 15) is 28.2 Å². The first kappa shape index (κ1) is 15.0. The zero-order valence-corrected chi connectivity index (χ0v) is 11.1. The van der Waals surface area contributed by atoms with Gasteiger partial charge in [0.1, 0.15) is 5.75 Å². The maximum Gasteiger partial charge on any atom is 0.416 e. The summed E-state index contributed by atoms with van der Waals surface area (Å²) < 4.78 is 37.9. The molecule has 1 aliphatic carbocycles. The number of benzene rings is 1. The van der Waals surface area contributed by atoms with Crippen LogP contribution in [-0.2, 0) is 16.4 Å². The Morgan fingerprint density at radius 1 is 1.25 bits per heavy atom. The van der Waals surface area contributed by atoms with Gasteiger partial charge in [0.25, 0.3) is 0 Å². The molecule has 7 heteroatoms. The topological polar surface area (TPSA) is 57.5 Å². The number of hydrogen-bond donors (Lipinski definition) is 2. The molecule has 0 atom stereocenters. The van der Waals surface area contributed by atoms with E-state index in [0.29, 0.717) is 25.0 Å². The molecule has 20 heavy (non-hydrogen) atoms. The van der Waals surface area contributed by atoms with E-state index in [0.717, 1.165) is 0 Å². The number of aliphatic carboxylic acids is 1. The van der Waals surface area contributed by atoms with Crippen LogP contribution < -0.4 is 0 Å². The molecule has 0 heterocycles. The number of carbonyl (C=O) groups is 1. The molecule has 1 saturated carbocycles. The number of carboxylic acids is 1. The molecule has 0 saturated heterocycles. The minimum Gasteiger partial charge on any atom is -0.508 e. The third-order valence-electron chi connectivity index (χ3n) is 3.74. The molecule has 1 aromatic rings. The number of aromatic hydroxyl groups is 1. The highest BCUT2D eigenvalue weighted by molar-refractivity contribution is 6.32. The third-order valence-corrected chi connectivity index (χ3v) is 4.04. The molecule has 0 unspecified atom stereocenters. The van der Waals surface area contributed by atoms with Crippen molar-refractivity contribution >= 4 is 17.6 Å². The van der Waals surface area contributed by atoms with E-state index in [1.165, 1.54) is 0 Å². The second-order valence-electron chi connectivity index (χ2n) is 4.94. The van der Waals surface area contributed by atoms with Crippen LogP contribution in [-0.4, -0.2) is 16.2 Å². The highest BCUT2D eigenvalue weighted by atomic mass is 35.5. The normalized spacial score (nSPS) is 18.2. The van der Waals surface area contributed by atoms with Gasteiger partial charge in [0.15, 0.2) is 0 Å². The molecule has 0 bridgehead atoms. The fourth-order valence-corrected chi connectivity index (χ4v) is 3.17. The van der Waals surface area contributed by atoms with Crippen LogP contribution in [0.15, 0.2) is 12.1 Å². The highest BCUT2D eigenvalue weighted by Crippen LogP contribution is 2.49. The Morgan fingerprint density at radius 3 is 2.20 bits per heavy atom. The van der Waals surface area contributed by atoms with E-state index in [2.05, 4.69) is 0 Å². The summed E-state index contributed by atoms with van der Waals surface area (Å²) in [7, 11) is 0. The Hall–Kier alpha value is -1.43. The van der Waals surface area contributed by atoms with Crippen molar-refractivity contribution in [2.45, 2.75) is 37.3 Å². The van der Waals surface area contributed by atoms with E-state index in [1.807, 2.05) is 0 Å². The fourth-order valence-electron chi connectivity index (χ4n) is 2.78. The second-order valence-corrected chi connectivity index (χ2v) is 5.35. The van der Waals surface area contributed by atoms with Gasteiger partial charge in [0, 0.05) is 10.6 Å². The van der Waals surface area contributed by atoms with E-state index < -0.39 is 28.9 Å². The summed E-state index contributed by atoms with van der Waals surface area (Å²) in [4.78, 5) is 11.5. The SMILES string of the molecule is O=C(O)C1(c2c(O)cc(C(F)(F)F)cc2Cl)CCCC1. The first-order valence-electron chi connectivity index (χ1n) is 6.02. The average molecular weight is 309 g/mol. The summed E-state index contributed by atoms with van der Waals surface area (Å²) in [5.41, 5.74) is -2.61. The summed E-state index contributed by atoms with van der Waals surface area (Å²) in [5, 5.41) is 18.9. The zero-order valence-electron chi connectivity index (χ0n) is 10.3. The van der Waals surface area contributed by atoms with E-state index in [1.54, 1.807) is 0 Å². The van der Waals surface area contributed by atoms with Gasteiger partial charge in [-0.2, -0.15) is 13.2 Å². The van der Waals surface area contributed by atoms with Crippen LogP contribution in [0.25, 0.3) is 0 Å². The van der Waals surface area contributed by atoms with E-state index >= 15 is 0 Å². The number of halogens is 4. The molecule has 2 rings (SSSR count). The van der Waals surface area contributed by atoms with Crippen molar-refractivity contribution in [1.29, 1.82) is 0 Å². The zero-order chi connectivity index (χ0) is 15.1. The number of phenols is 1. The van der Waals surface area contributed by atoms with Gasteiger partial charge >= 0.3 is 12.1 Å². The quantitative estimate of drug-likeness (QED) is 0.869. The second kappa shape index (κ2) is 4.84. The molecule has 0 aliphatic heterocycles. The Kier molecular flexibility index (Phi) is 3.62. The predicted molar refractivity (Wildman–Crippen MR) is 65.9 cm³/mol. The molecular weight excluding hydrogens is 297 g/mol. The average Bonchev–Trinajstić information content (AvgIpc) is 2.77. The Morgan fingerprint density at radius 2 is 1.80 bits per heavy atom. The molecule has 0 radical (unpaired) electrons. The Balaban J connectivity index is 2.61. The molecule has 0 amide bonds. The Bertz CT molecular complexity index is 525. The summed E-state index contributed by atoms with van der Waals surface area (Å²) >= 11 is 5.83. The van der Waals surface area contributed by atoms with E-state index in [-0.39, 0.29) is 23.4 Å². The molecule has 3 nitrogen and oxygen atoms in total. The third kappa shape index (κ3) is 2.32. The molecule has 0 aromatic heterocycles. The maximum atomic E-state index is 12.6. The van der Waals surface area contributed by atoms with Crippen molar-refractivity contribution < 1.29 is 28.2 Å². The van der Waals surface area contributed by atoms with Gasteiger partial charge in [0.05, 0.1) is 11.0 Å². The van der Waals surface area contributed by atoms with Crippen molar-refractivity contribution in [3.8, 4) is 5.75 Å². The van der Waals surface area contributed by atoms with Crippen LogP contribution in [0, 0.1) is 0 Å². The van der Waals surface area contributed by atoms with E-state index in [4.69, 9.17) is 11.6 Å². The van der Waals surface area contributed by atoms with Gasteiger partial charge in [0.2, 0.25) is 0 Å². The van der Waals surface area contributed by atoms with Crippen molar-refractivity contribution in [1.82, 2.24) is 0 Å². The van der Waals surface area contributed by atoms with Gasteiger partial charge in [-0.3, -0.25) is 4.79 Å². The van der Waals surface area contributed by atoms with Crippen molar-refractivity contribution in [2.75, 3.05) is 0 Å². The summed E-state index contributed by atoms with van der Waals surface area (Å²) in [6, 6.07) is 1.20. The predicted octanol–water partition coefficient (Wildman–Crippen LogP) is 3.96. The highest BCUT2D eigenvalue weighted by Gasteiger charge is 2.47. The first-order valence-corrected chi connectivity index (χ1v) is 6.40. The molecule has 1 aliphatic rings. The molecule has 110 valence electrons. The molecule has 2 N–H and O–H groups in total. The molecule has 1 fully saturated rings. The van der Waals surface area contributed by atoms with Gasteiger partial charge in [-0.15, -0.1) is 0 Å². The smallest absolute Gasteiger partial charge is 0.416 e. The van der Waals surface area contributed by atoms with Gasteiger partial charge in [-0.05, 0) is 25.0 Å². The van der Waals surface area contributed by atoms with Crippen LogP contribution in [0.1, 0.15) is 36.8 Å². The largest absolute Gasteiger partial charge is 0.508 e. The molecule has 0 spiro atoms. The monoisotopic (exact) mass is 308 g/mol. The first-order chi connectivity index (χ1) is 9.18. The summed E-state index contributed by atoms with van der Waals surface area (Å²) in [6.45, 7) is 0. The number of alkyl halides is 3. The van der Waals surface area contributed by atoms with Crippen LogP contribution in [0.2, 0.25) is 5.02 Å². The molecular formula is C13H12ClF3O3. The van der Waals surface area contributed by atoms with Crippen LogP contribution in [0.3, 0.4) is 0 Å². The van der Waals surface area contributed by atoms with Gasteiger partial charge in [-0.25, -0.2) is 0 Å². The fraction of sp³-hybridized carbons (Fsp3) is 0.462. The van der Waals surface area contributed by atoms with Crippen molar-refractivity contribution in [3.63, 3.8) is 0 Å². The minimum atomic E-state index is -4.65. The van der Waals surface area contributed by atoms with Crippen LogP contribution in [0.5, 0.6) is 5.75 Å². The number of hydrogen-bond acceptors (Lipinski definition) is 2. The van der Waals surface area contributed by atoms with Crippen LogP contribution >= 0.6 is 11.6 Å². The number of rotatable bonds is 2. The van der Waals surface area contributed by atoms with Crippen molar-refractivity contribution in [3.05, 3.63) is 28.3 Å². The maximum absolute atomic E-state index is 12.6. The van der Waals surface area contributed by atoms with Crippen molar-refractivity contribution in [2.24, 2.45) is 0 Å². The number of phenolic OH excluding ortho intramolecular Hbond substituents is 1. The van der Waals surface area contributed by atoms with Gasteiger partial charge < -0.3 is 10.2 Å². The summed E-state index contributed by atoms with van der Waals surface area (Å²) in [6.07, 6.45) is -2.89. The lowest BCUT2D eigenvalue weighted by atomic mass is 9.78.